The van der Waals surface area contributed by atoms with Crippen molar-refractivity contribution in [1.29, 1.82) is 0 Å². The molecule has 1 amide bonds. The van der Waals surface area contributed by atoms with Crippen LogP contribution in [0, 0.1) is 11.7 Å². The van der Waals surface area contributed by atoms with Crippen LogP contribution in [0.4, 0.5) is 4.39 Å². The molecule has 2 unspecified atom stereocenters. The van der Waals surface area contributed by atoms with Crippen molar-refractivity contribution in [1.82, 2.24) is 10.2 Å². The van der Waals surface area contributed by atoms with Crippen LogP contribution in [-0.4, -0.2) is 37.6 Å². The summed E-state index contributed by atoms with van der Waals surface area (Å²) in [5, 5.41) is 3.16. The number of methoxy groups -OCH3 is 2. The Kier molecular flexibility index (Phi) is 6.98. The lowest BCUT2D eigenvalue weighted by molar-refractivity contribution is -0.125. The fourth-order valence-corrected chi connectivity index (χ4v) is 4.13. The predicted molar refractivity (Wildman–Crippen MR) is 115 cm³/mol. The number of amides is 1. The van der Waals surface area contributed by atoms with Crippen LogP contribution < -0.4 is 14.8 Å². The van der Waals surface area contributed by atoms with E-state index in [1.165, 1.54) is 11.6 Å². The van der Waals surface area contributed by atoms with E-state index in [4.69, 9.17) is 9.47 Å². The maximum atomic E-state index is 13.8. The molecule has 2 aromatic rings. The molecule has 1 aliphatic rings. The Morgan fingerprint density at radius 3 is 2.50 bits per heavy atom. The zero-order chi connectivity index (χ0) is 21.8. The fourth-order valence-electron chi connectivity index (χ4n) is 4.13. The number of carbonyl (C=O) groups is 1. The fraction of sp³-hybridized carbons (Fsp3) is 0.458. The van der Waals surface area contributed by atoms with Gasteiger partial charge in [0.05, 0.1) is 20.3 Å². The third kappa shape index (κ3) is 4.75. The van der Waals surface area contributed by atoms with E-state index in [0.29, 0.717) is 18.0 Å². The average molecular weight is 415 g/mol. The van der Waals surface area contributed by atoms with Gasteiger partial charge in [0.25, 0.3) is 0 Å². The molecular weight excluding hydrogens is 383 g/mol. The highest BCUT2D eigenvalue weighted by Gasteiger charge is 2.34. The second kappa shape index (κ2) is 9.47. The molecule has 30 heavy (non-hydrogen) atoms. The van der Waals surface area contributed by atoms with Crippen molar-refractivity contribution in [3.63, 3.8) is 0 Å². The highest BCUT2D eigenvalue weighted by atomic mass is 19.1. The summed E-state index contributed by atoms with van der Waals surface area (Å²) in [5.41, 5.74) is 3.19. The number of halogens is 1. The van der Waals surface area contributed by atoms with E-state index < -0.39 is 0 Å². The van der Waals surface area contributed by atoms with Gasteiger partial charge in [0, 0.05) is 25.0 Å². The van der Waals surface area contributed by atoms with E-state index in [1.807, 2.05) is 39.0 Å². The number of rotatable bonds is 7. The van der Waals surface area contributed by atoms with Crippen LogP contribution >= 0.6 is 0 Å². The topological polar surface area (TPSA) is 50.8 Å². The summed E-state index contributed by atoms with van der Waals surface area (Å²) in [4.78, 5) is 14.7. The summed E-state index contributed by atoms with van der Waals surface area (Å²) in [6.07, 6.45) is 0.840. The van der Waals surface area contributed by atoms with Gasteiger partial charge < -0.3 is 14.8 Å². The summed E-state index contributed by atoms with van der Waals surface area (Å²) in [5.74, 6) is 1.04. The van der Waals surface area contributed by atoms with E-state index in [-0.39, 0.29) is 29.7 Å². The first-order chi connectivity index (χ1) is 14.3. The van der Waals surface area contributed by atoms with Gasteiger partial charge in [-0.15, -0.1) is 0 Å². The van der Waals surface area contributed by atoms with Crippen molar-refractivity contribution in [3.05, 3.63) is 58.9 Å². The Bertz CT molecular complexity index is 900. The molecule has 1 heterocycles. The van der Waals surface area contributed by atoms with Crippen LogP contribution in [0.25, 0.3) is 0 Å². The van der Waals surface area contributed by atoms with Gasteiger partial charge in [-0.05, 0) is 54.3 Å². The monoisotopic (exact) mass is 414 g/mol. The Labute approximate surface area is 178 Å². The predicted octanol–water partition coefficient (Wildman–Crippen LogP) is 4.10. The summed E-state index contributed by atoms with van der Waals surface area (Å²) in [6.45, 7) is 7.18. The molecule has 162 valence electrons. The molecule has 2 aromatic carbocycles. The lowest BCUT2D eigenvalue weighted by atomic mass is 9.87. The number of fused-ring (bicyclic) bond motifs is 1. The van der Waals surface area contributed by atoms with Crippen molar-refractivity contribution in [3.8, 4) is 11.5 Å². The number of nitrogens with zero attached hydrogens (tertiary/aromatic N) is 1. The molecule has 5 nitrogen and oxygen atoms in total. The number of hydrogen-bond acceptors (Lipinski definition) is 4. The second-order valence-corrected chi connectivity index (χ2v) is 8.15. The number of carbonyl (C=O) groups excluding carboxylic acids is 1. The summed E-state index contributed by atoms with van der Waals surface area (Å²) >= 11 is 0. The molecular formula is C24H31FN2O3. The third-order valence-electron chi connectivity index (χ3n) is 5.67. The minimum atomic E-state index is -0.242. The van der Waals surface area contributed by atoms with E-state index in [0.717, 1.165) is 24.1 Å². The average Bonchev–Trinajstić information content (AvgIpc) is 2.72. The number of hydrogen-bond donors (Lipinski definition) is 1. The van der Waals surface area contributed by atoms with Gasteiger partial charge in [0.15, 0.2) is 11.5 Å². The first-order valence-corrected chi connectivity index (χ1v) is 10.4. The normalized spacial score (nSPS) is 17.4. The van der Waals surface area contributed by atoms with Gasteiger partial charge in [-0.25, -0.2) is 4.39 Å². The molecule has 0 aliphatic carbocycles. The minimum Gasteiger partial charge on any atom is -0.493 e. The van der Waals surface area contributed by atoms with Crippen molar-refractivity contribution in [2.45, 2.75) is 45.8 Å². The van der Waals surface area contributed by atoms with Crippen LogP contribution in [0.15, 0.2) is 36.4 Å². The zero-order valence-corrected chi connectivity index (χ0v) is 18.4. The van der Waals surface area contributed by atoms with Crippen LogP contribution in [0.1, 0.15) is 43.5 Å². The molecule has 1 aliphatic heterocycles. The first kappa shape index (κ1) is 22.1. The van der Waals surface area contributed by atoms with Crippen LogP contribution in [-0.2, 0) is 17.8 Å². The van der Waals surface area contributed by atoms with E-state index in [1.54, 1.807) is 26.4 Å². The smallest absolute Gasteiger partial charge is 0.222 e. The van der Waals surface area contributed by atoms with E-state index in [2.05, 4.69) is 10.2 Å². The van der Waals surface area contributed by atoms with Gasteiger partial charge in [-0.3, -0.25) is 9.69 Å². The molecule has 6 heteroatoms. The third-order valence-corrected chi connectivity index (χ3v) is 5.67. The van der Waals surface area contributed by atoms with Crippen LogP contribution in [0.2, 0.25) is 0 Å². The Balaban J connectivity index is 1.99. The van der Waals surface area contributed by atoms with Gasteiger partial charge in [-0.2, -0.15) is 0 Å². The molecule has 0 spiro atoms. The SMILES string of the molecule is COc1cc2c(cc1OC)C(C(C)NC(=O)C(C)C)N(Cc1cccc(F)c1)CC2. The maximum Gasteiger partial charge on any atom is 0.222 e. The molecule has 0 saturated carbocycles. The summed E-state index contributed by atoms with van der Waals surface area (Å²) in [7, 11) is 3.25. The summed E-state index contributed by atoms with van der Waals surface area (Å²) in [6, 6.07) is 10.5. The van der Waals surface area contributed by atoms with Gasteiger partial charge in [0.1, 0.15) is 5.82 Å². The summed E-state index contributed by atoms with van der Waals surface area (Å²) < 4.78 is 24.8. The van der Waals surface area contributed by atoms with Crippen molar-refractivity contribution in [2.24, 2.45) is 5.92 Å². The van der Waals surface area contributed by atoms with Crippen LogP contribution in [0.3, 0.4) is 0 Å². The zero-order valence-electron chi connectivity index (χ0n) is 18.4. The lowest BCUT2D eigenvalue weighted by Crippen LogP contribution is -2.48. The van der Waals surface area contributed by atoms with Gasteiger partial charge in [-0.1, -0.05) is 26.0 Å². The van der Waals surface area contributed by atoms with Crippen molar-refractivity contribution >= 4 is 5.91 Å². The molecule has 0 fully saturated rings. The largest absolute Gasteiger partial charge is 0.493 e. The molecule has 2 atom stereocenters. The highest BCUT2D eigenvalue weighted by Crippen LogP contribution is 2.40. The van der Waals surface area contributed by atoms with Crippen LogP contribution in [0.5, 0.6) is 11.5 Å². The lowest BCUT2D eigenvalue weighted by Gasteiger charge is -2.41. The van der Waals surface area contributed by atoms with E-state index in [9.17, 15) is 9.18 Å². The van der Waals surface area contributed by atoms with Crippen molar-refractivity contribution < 1.29 is 18.7 Å². The van der Waals surface area contributed by atoms with E-state index >= 15 is 0 Å². The Morgan fingerprint density at radius 2 is 1.87 bits per heavy atom. The second-order valence-electron chi connectivity index (χ2n) is 8.15. The maximum absolute atomic E-state index is 13.8. The molecule has 0 bridgehead atoms. The van der Waals surface area contributed by atoms with Gasteiger partial charge >= 0.3 is 0 Å². The first-order valence-electron chi connectivity index (χ1n) is 10.4. The number of ether oxygens (including phenoxy) is 2. The molecule has 0 aromatic heterocycles. The van der Waals surface area contributed by atoms with Crippen molar-refractivity contribution in [2.75, 3.05) is 20.8 Å². The number of benzene rings is 2. The quantitative estimate of drug-likeness (QED) is 0.741. The molecule has 1 N–H and O–H groups in total. The standard InChI is InChI=1S/C24H31FN2O3/c1-15(2)24(28)26-16(3)23-20-13-22(30-5)21(29-4)12-18(20)9-10-27(23)14-17-7-6-8-19(25)11-17/h6-8,11-13,15-16,23H,9-10,14H2,1-5H3,(H,26,28). The van der Waals surface area contributed by atoms with Gasteiger partial charge in [0.2, 0.25) is 5.91 Å². The molecule has 3 rings (SSSR count). The number of nitrogens with one attached hydrogen (secondary N) is 1. The molecule has 0 radical (unpaired) electrons. The highest BCUT2D eigenvalue weighted by molar-refractivity contribution is 5.78. The molecule has 0 saturated heterocycles. The Morgan fingerprint density at radius 1 is 1.17 bits per heavy atom. The minimum absolute atomic E-state index is 0.0146. The Hall–Kier alpha value is -2.60.